The topological polar surface area (TPSA) is 62.5 Å². The highest BCUT2D eigenvalue weighted by Crippen LogP contribution is 2.28. The van der Waals surface area contributed by atoms with Gasteiger partial charge in [0, 0.05) is 39.5 Å². The molecule has 3 rings (SSSR count). The van der Waals surface area contributed by atoms with Gasteiger partial charge in [0.05, 0.1) is 5.92 Å². The van der Waals surface area contributed by atoms with Crippen molar-refractivity contribution in [1.29, 1.82) is 0 Å². The Kier molecular flexibility index (Phi) is 5.25. The number of aromatic nitrogens is 2. The summed E-state index contributed by atoms with van der Waals surface area (Å²) in [6.45, 7) is 8.42. The number of carbonyl (C=O) groups is 1. The van der Waals surface area contributed by atoms with E-state index in [1.54, 1.807) is 6.92 Å². The molecule has 1 aromatic carbocycles. The smallest absolute Gasteiger partial charge is 0.224 e. The van der Waals surface area contributed by atoms with Gasteiger partial charge in [0.25, 0.3) is 0 Å². The lowest BCUT2D eigenvalue weighted by Crippen LogP contribution is -2.48. The minimum Gasteiger partial charge on any atom is -0.425 e. The molecule has 1 aliphatic heterocycles. The van der Waals surface area contributed by atoms with E-state index >= 15 is 0 Å². The number of piperazine rings is 1. The lowest BCUT2D eigenvalue weighted by Gasteiger charge is -2.34. The number of nitrogens with zero attached hydrogens (tertiary/aromatic N) is 4. The molecule has 1 unspecified atom stereocenters. The first-order valence-electron chi connectivity index (χ1n) is 8.52. The van der Waals surface area contributed by atoms with Gasteiger partial charge in [-0.15, -0.1) is 10.2 Å². The van der Waals surface area contributed by atoms with Gasteiger partial charge in [-0.25, -0.2) is 0 Å². The van der Waals surface area contributed by atoms with Crippen molar-refractivity contribution in [2.24, 2.45) is 0 Å². The van der Waals surface area contributed by atoms with E-state index in [-0.39, 0.29) is 11.8 Å². The maximum atomic E-state index is 12.8. The molecule has 1 aromatic heterocycles. The quantitative estimate of drug-likeness (QED) is 0.841. The van der Waals surface area contributed by atoms with Crippen LogP contribution in [0.2, 0.25) is 0 Å². The maximum Gasteiger partial charge on any atom is 0.224 e. The molecule has 1 saturated heterocycles. The SMILES string of the molecule is CCN1CCN(C(=O)CC(c2ccccc2)c2nnc(C)o2)CC1. The molecule has 1 atom stereocenters. The first kappa shape index (κ1) is 16.6. The van der Waals surface area contributed by atoms with Crippen molar-refractivity contribution in [2.45, 2.75) is 26.2 Å². The summed E-state index contributed by atoms with van der Waals surface area (Å²) in [4.78, 5) is 17.1. The van der Waals surface area contributed by atoms with Crippen molar-refractivity contribution < 1.29 is 9.21 Å². The van der Waals surface area contributed by atoms with Gasteiger partial charge in [0.2, 0.25) is 17.7 Å². The Balaban J connectivity index is 1.74. The molecule has 128 valence electrons. The van der Waals surface area contributed by atoms with E-state index in [4.69, 9.17) is 4.42 Å². The lowest BCUT2D eigenvalue weighted by molar-refractivity contribution is -0.133. The number of likely N-dealkylation sites (N-methyl/N-ethyl adjacent to an activating group) is 1. The van der Waals surface area contributed by atoms with Crippen LogP contribution in [0.5, 0.6) is 0 Å². The third kappa shape index (κ3) is 3.82. The van der Waals surface area contributed by atoms with Gasteiger partial charge in [-0.1, -0.05) is 37.3 Å². The molecule has 2 aromatic rings. The van der Waals surface area contributed by atoms with E-state index in [9.17, 15) is 4.79 Å². The summed E-state index contributed by atoms with van der Waals surface area (Å²) in [6.07, 6.45) is 0.359. The Morgan fingerprint density at radius 3 is 2.46 bits per heavy atom. The average molecular weight is 328 g/mol. The molecule has 0 bridgehead atoms. The normalized spacial score (nSPS) is 17.0. The Bertz CT molecular complexity index is 663. The van der Waals surface area contributed by atoms with Crippen molar-refractivity contribution in [3.8, 4) is 0 Å². The van der Waals surface area contributed by atoms with E-state index < -0.39 is 0 Å². The molecule has 24 heavy (non-hydrogen) atoms. The number of hydrogen-bond donors (Lipinski definition) is 0. The molecule has 0 spiro atoms. The zero-order valence-electron chi connectivity index (χ0n) is 14.3. The predicted octanol–water partition coefficient (Wildman–Crippen LogP) is 2.06. The molecule has 1 fully saturated rings. The fourth-order valence-corrected chi connectivity index (χ4v) is 3.10. The van der Waals surface area contributed by atoms with Crippen molar-refractivity contribution in [1.82, 2.24) is 20.0 Å². The Hall–Kier alpha value is -2.21. The van der Waals surface area contributed by atoms with Gasteiger partial charge in [-0.3, -0.25) is 4.79 Å². The van der Waals surface area contributed by atoms with Crippen molar-refractivity contribution in [3.63, 3.8) is 0 Å². The van der Waals surface area contributed by atoms with Crippen molar-refractivity contribution in [2.75, 3.05) is 32.7 Å². The number of hydrogen-bond acceptors (Lipinski definition) is 5. The van der Waals surface area contributed by atoms with Crippen LogP contribution in [0, 0.1) is 6.92 Å². The summed E-state index contributed by atoms with van der Waals surface area (Å²) in [6, 6.07) is 9.91. The molecular weight excluding hydrogens is 304 g/mol. The standard InChI is InChI=1S/C18H24N4O2/c1-3-21-9-11-22(12-10-21)17(23)13-16(15-7-5-4-6-8-15)18-20-19-14(2)24-18/h4-8,16H,3,9-13H2,1-2H3. The largest absolute Gasteiger partial charge is 0.425 e. The third-order valence-electron chi connectivity index (χ3n) is 4.59. The van der Waals surface area contributed by atoms with Gasteiger partial charge in [-0.2, -0.15) is 0 Å². The zero-order chi connectivity index (χ0) is 16.9. The molecule has 6 nitrogen and oxygen atoms in total. The monoisotopic (exact) mass is 328 g/mol. The summed E-state index contributed by atoms with van der Waals surface area (Å²) in [5.74, 6) is 0.994. The van der Waals surface area contributed by atoms with Crippen LogP contribution in [0.3, 0.4) is 0 Å². The Morgan fingerprint density at radius 1 is 1.17 bits per heavy atom. The summed E-state index contributed by atoms with van der Waals surface area (Å²) >= 11 is 0. The fourth-order valence-electron chi connectivity index (χ4n) is 3.10. The average Bonchev–Trinajstić information content (AvgIpc) is 3.06. The minimum absolute atomic E-state index is 0.149. The van der Waals surface area contributed by atoms with Crippen molar-refractivity contribution >= 4 is 5.91 Å². The van der Waals surface area contributed by atoms with E-state index in [0.29, 0.717) is 18.2 Å². The summed E-state index contributed by atoms with van der Waals surface area (Å²) < 4.78 is 5.62. The number of carbonyl (C=O) groups excluding carboxylic acids is 1. The number of rotatable bonds is 5. The van der Waals surface area contributed by atoms with Gasteiger partial charge >= 0.3 is 0 Å². The first-order chi connectivity index (χ1) is 11.7. The van der Waals surface area contributed by atoms with Gasteiger partial charge in [0.1, 0.15) is 0 Å². The van der Waals surface area contributed by atoms with Gasteiger partial charge in [-0.05, 0) is 12.1 Å². The van der Waals surface area contributed by atoms with Crippen molar-refractivity contribution in [3.05, 3.63) is 47.7 Å². The van der Waals surface area contributed by atoms with E-state index in [2.05, 4.69) is 22.0 Å². The van der Waals surface area contributed by atoms with Crippen LogP contribution in [0.4, 0.5) is 0 Å². The van der Waals surface area contributed by atoms with Crippen LogP contribution in [-0.2, 0) is 4.79 Å². The molecule has 0 aliphatic carbocycles. The summed E-state index contributed by atoms with van der Waals surface area (Å²) in [7, 11) is 0. The first-order valence-corrected chi connectivity index (χ1v) is 8.52. The molecule has 6 heteroatoms. The van der Waals surface area contributed by atoms with Crippen LogP contribution >= 0.6 is 0 Å². The van der Waals surface area contributed by atoms with E-state index in [1.807, 2.05) is 35.2 Å². The predicted molar refractivity (Wildman–Crippen MR) is 90.6 cm³/mol. The molecule has 1 amide bonds. The molecule has 2 heterocycles. The molecule has 0 saturated carbocycles. The summed E-state index contributed by atoms with van der Waals surface area (Å²) in [5, 5.41) is 8.08. The second-order valence-electron chi connectivity index (χ2n) is 6.14. The second-order valence-corrected chi connectivity index (χ2v) is 6.14. The molecular formula is C18H24N4O2. The molecule has 0 N–H and O–H groups in total. The maximum absolute atomic E-state index is 12.8. The van der Waals surface area contributed by atoms with Crippen LogP contribution in [0.1, 0.15) is 36.6 Å². The van der Waals surface area contributed by atoms with Gasteiger partial charge in [0.15, 0.2) is 0 Å². The summed E-state index contributed by atoms with van der Waals surface area (Å²) in [5.41, 5.74) is 1.03. The highest BCUT2D eigenvalue weighted by atomic mass is 16.4. The number of aryl methyl sites for hydroxylation is 1. The number of amides is 1. The fraction of sp³-hybridized carbons (Fsp3) is 0.500. The Morgan fingerprint density at radius 2 is 1.88 bits per heavy atom. The van der Waals surface area contributed by atoms with Crippen LogP contribution in [0.25, 0.3) is 0 Å². The van der Waals surface area contributed by atoms with Crippen LogP contribution in [-0.4, -0.2) is 58.6 Å². The molecule has 1 aliphatic rings. The lowest BCUT2D eigenvalue weighted by atomic mass is 9.95. The Labute approximate surface area is 142 Å². The highest BCUT2D eigenvalue weighted by Gasteiger charge is 2.27. The van der Waals surface area contributed by atoms with Crippen LogP contribution in [0.15, 0.2) is 34.7 Å². The highest BCUT2D eigenvalue weighted by molar-refractivity contribution is 5.77. The minimum atomic E-state index is -0.191. The zero-order valence-corrected chi connectivity index (χ0v) is 14.3. The van der Waals surface area contributed by atoms with Crippen LogP contribution < -0.4 is 0 Å². The van der Waals surface area contributed by atoms with Gasteiger partial charge < -0.3 is 14.2 Å². The molecule has 0 radical (unpaired) electrons. The second kappa shape index (κ2) is 7.57. The van der Waals surface area contributed by atoms with E-state index in [0.717, 1.165) is 38.3 Å². The number of benzene rings is 1. The van der Waals surface area contributed by atoms with E-state index in [1.165, 1.54) is 0 Å². The third-order valence-corrected chi connectivity index (χ3v) is 4.59.